The maximum Gasteiger partial charge on any atom is 0.0542 e. The van der Waals surface area contributed by atoms with Crippen LogP contribution in [0.4, 0.5) is 17.1 Å². The van der Waals surface area contributed by atoms with Crippen molar-refractivity contribution in [2.24, 2.45) is 0 Å². The maximum atomic E-state index is 2.39. The van der Waals surface area contributed by atoms with Crippen LogP contribution < -0.4 is 4.90 Å². The Balaban J connectivity index is 1.05. The lowest BCUT2D eigenvalue weighted by molar-refractivity contribution is 1.17. The van der Waals surface area contributed by atoms with Gasteiger partial charge in [0.1, 0.15) is 0 Å². The number of hydrogen-bond acceptors (Lipinski definition) is 2. The van der Waals surface area contributed by atoms with Crippen LogP contribution >= 0.6 is 11.3 Å². The standard InChI is InChI=1S/C52H35N3S/c1-3-13-36(14-4-1)51-33-34-52(56-51)37-23-25-39(26-24-37)53(40-27-29-41(30-28-40)55-47-20-10-7-17-43(47)44-18-8-11-21-48(44)55)42-31-32-50-46(35-42)45-19-9-12-22-49(45)54(50)38-15-5-2-6-16-38/h1-35H. The van der Waals surface area contributed by atoms with Crippen molar-refractivity contribution in [1.82, 2.24) is 9.13 Å². The minimum absolute atomic E-state index is 1.09. The predicted octanol–water partition coefficient (Wildman–Crippen LogP) is 14.7. The molecule has 0 atom stereocenters. The summed E-state index contributed by atoms with van der Waals surface area (Å²) in [6, 6.07) is 76.8. The zero-order valence-electron chi connectivity index (χ0n) is 30.5. The fourth-order valence-corrected chi connectivity index (χ4v) is 9.40. The molecule has 0 aliphatic rings. The predicted molar refractivity (Wildman–Crippen MR) is 239 cm³/mol. The number of nitrogens with zero attached hydrogens (tertiary/aromatic N) is 3. The molecule has 0 radical (unpaired) electrons. The average molecular weight is 734 g/mol. The van der Waals surface area contributed by atoms with E-state index in [0.717, 1.165) is 28.4 Å². The highest BCUT2D eigenvalue weighted by atomic mass is 32.1. The second kappa shape index (κ2) is 13.3. The van der Waals surface area contributed by atoms with Gasteiger partial charge in [-0.05, 0) is 108 Å². The Labute approximate surface area is 329 Å². The van der Waals surface area contributed by atoms with Gasteiger partial charge < -0.3 is 14.0 Å². The summed E-state index contributed by atoms with van der Waals surface area (Å²) in [5, 5.41) is 4.98. The fraction of sp³-hybridized carbons (Fsp3) is 0. The third-order valence-electron chi connectivity index (χ3n) is 10.9. The number of thiophene rings is 1. The highest BCUT2D eigenvalue weighted by Crippen LogP contribution is 2.42. The van der Waals surface area contributed by atoms with E-state index < -0.39 is 0 Å². The fourth-order valence-electron chi connectivity index (χ4n) is 8.38. The van der Waals surface area contributed by atoms with Crippen molar-refractivity contribution in [3.8, 4) is 32.3 Å². The van der Waals surface area contributed by atoms with Crippen LogP contribution in [0.15, 0.2) is 212 Å². The minimum atomic E-state index is 1.09. The molecular weight excluding hydrogens is 699 g/mol. The molecular formula is C52H35N3S. The first kappa shape index (κ1) is 32.3. The molecule has 0 spiro atoms. The number of benzene rings is 8. The Morgan fingerprint density at radius 1 is 0.304 bits per heavy atom. The highest BCUT2D eigenvalue weighted by molar-refractivity contribution is 7.18. The number of para-hydroxylation sites is 4. The van der Waals surface area contributed by atoms with Gasteiger partial charge in [0.15, 0.2) is 0 Å². The Morgan fingerprint density at radius 2 is 0.714 bits per heavy atom. The summed E-state index contributed by atoms with van der Waals surface area (Å²) < 4.78 is 4.75. The topological polar surface area (TPSA) is 13.1 Å². The van der Waals surface area contributed by atoms with Gasteiger partial charge in [-0.1, -0.05) is 115 Å². The van der Waals surface area contributed by atoms with Crippen molar-refractivity contribution in [2.45, 2.75) is 0 Å². The summed E-state index contributed by atoms with van der Waals surface area (Å²) in [7, 11) is 0. The molecule has 0 unspecified atom stereocenters. The zero-order valence-corrected chi connectivity index (χ0v) is 31.3. The third kappa shape index (κ3) is 5.34. The number of anilines is 3. The molecule has 0 amide bonds. The van der Waals surface area contributed by atoms with Crippen molar-refractivity contribution in [3.05, 3.63) is 212 Å². The molecule has 11 rings (SSSR count). The molecule has 0 aliphatic heterocycles. The van der Waals surface area contributed by atoms with Gasteiger partial charge in [-0.2, -0.15) is 0 Å². The Hall–Kier alpha value is -7.14. The molecule has 8 aromatic carbocycles. The normalized spacial score (nSPS) is 11.6. The van der Waals surface area contributed by atoms with Crippen LogP contribution in [0.25, 0.3) is 75.9 Å². The summed E-state index contributed by atoms with van der Waals surface area (Å²) >= 11 is 1.83. The van der Waals surface area contributed by atoms with Crippen LogP contribution in [0.2, 0.25) is 0 Å². The van der Waals surface area contributed by atoms with Crippen LogP contribution in [-0.4, -0.2) is 9.13 Å². The number of aromatic nitrogens is 2. The second-order valence-electron chi connectivity index (χ2n) is 14.2. The largest absolute Gasteiger partial charge is 0.310 e. The van der Waals surface area contributed by atoms with Gasteiger partial charge in [0.25, 0.3) is 0 Å². The third-order valence-corrected chi connectivity index (χ3v) is 12.1. The second-order valence-corrected chi connectivity index (χ2v) is 15.3. The molecule has 0 saturated carbocycles. The lowest BCUT2D eigenvalue weighted by Gasteiger charge is -2.26. The molecule has 264 valence electrons. The van der Waals surface area contributed by atoms with Gasteiger partial charge in [0.05, 0.1) is 22.1 Å². The number of rotatable bonds is 7. The molecule has 3 heterocycles. The number of hydrogen-bond donors (Lipinski definition) is 0. The van der Waals surface area contributed by atoms with Gasteiger partial charge in [0.2, 0.25) is 0 Å². The van der Waals surface area contributed by atoms with E-state index in [0.29, 0.717) is 0 Å². The summed E-state index contributed by atoms with van der Waals surface area (Å²) in [5.41, 5.74) is 12.8. The van der Waals surface area contributed by atoms with Gasteiger partial charge in [-0.3, -0.25) is 0 Å². The molecule has 56 heavy (non-hydrogen) atoms. The first-order valence-corrected chi connectivity index (χ1v) is 19.8. The Kier molecular flexibility index (Phi) is 7.68. The van der Waals surface area contributed by atoms with Crippen LogP contribution in [0, 0.1) is 0 Å². The van der Waals surface area contributed by atoms with Gasteiger partial charge >= 0.3 is 0 Å². The van der Waals surface area contributed by atoms with Gasteiger partial charge in [-0.15, -0.1) is 11.3 Å². The quantitative estimate of drug-likeness (QED) is 0.159. The molecule has 3 aromatic heterocycles. The van der Waals surface area contributed by atoms with E-state index in [1.165, 1.54) is 64.5 Å². The van der Waals surface area contributed by atoms with E-state index in [9.17, 15) is 0 Å². The molecule has 0 saturated heterocycles. The molecule has 0 fully saturated rings. The lowest BCUT2D eigenvalue weighted by Crippen LogP contribution is -2.10. The maximum absolute atomic E-state index is 2.39. The van der Waals surface area contributed by atoms with E-state index in [1.54, 1.807) is 0 Å². The van der Waals surface area contributed by atoms with Crippen molar-refractivity contribution in [1.29, 1.82) is 0 Å². The Morgan fingerprint density at radius 3 is 1.29 bits per heavy atom. The molecule has 4 heteroatoms. The lowest BCUT2D eigenvalue weighted by atomic mass is 10.1. The van der Waals surface area contributed by atoms with E-state index in [4.69, 9.17) is 0 Å². The van der Waals surface area contributed by atoms with Crippen LogP contribution in [-0.2, 0) is 0 Å². The van der Waals surface area contributed by atoms with Crippen molar-refractivity contribution in [2.75, 3.05) is 4.90 Å². The summed E-state index contributed by atoms with van der Waals surface area (Å²) in [5.74, 6) is 0. The summed E-state index contributed by atoms with van der Waals surface area (Å²) in [6.07, 6.45) is 0. The molecule has 3 nitrogen and oxygen atoms in total. The smallest absolute Gasteiger partial charge is 0.0542 e. The average Bonchev–Trinajstić information content (AvgIpc) is 3.99. The first-order chi connectivity index (χ1) is 27.8. The first-order valence-electron chi connectivity index (χ1n) is 19.0. The van der Waals surface area contributed by atoms with E-state index in [1.807, 2.05) is 11.3 Å². The van der Waals surface area contributed by atoms with Gasteiger partial charge in [-0.25, -0.2) is 0 Å². The van der Waals surface area contributed by atoms with E-state index >= 15 is 0 Å². The van der Waals surface area contributed by atoms with Crippen molar-refractivity contribution >= 4 is 72.0 Å². The summed E-state index contributed by atoms with van der Waals surface area (Å²) in [4.78, 5) is 4.92. The van der Waals surface area contributed by atoms with Crippen LogP contribution in [0.5, 0.6) is 0 Å². The van der Waals surface area contributed by atoms with E-state index in [-0.39, 0.29) is 0 Å². The minimum Gasteiger partial charge on any atom is -0.310 e. The van der Waals surface area contributed by atoms with Gasteiger partial charge in [0, 0.05) is 59.7 Å². The highest BCUT2D eigenvalue weighted by Gasteiger charge is 2.19. The monoisotopic (exact) mass is 733 g/mol. The number of fused-ring (bicyclic) bond motifs is 6. The van der Waals surface area contributed by atoms with Crippen molar-refractivity contribution < 1.29 is 0 Å². The van der Waals surface area contributed by atoms with Crippen LogP contribution in [0.1, 0.15) is 0 Å². The van der Waals surface area contributed by atoms with E-state index in [2.05, 4.69) is 226 Å². The zero-order chi connectivity index (χ0) is 37.0. The SMILES string of the molecule is c1ccc(-c2ccc(-c3ccc(N(c4ccc(-n5c6ccccc6c6ccccc65)cc4)c4ccc5c(c4)c4ccccc4n5-c4ccccc4)cc3)s2)cc1. The molecule has 0 bridgehead atoms. The molecule has 11 aromatic rings. The molecule has 0 N–H and O–H groups in total. The molecule has 0 aliphatic carbocycles. The Bertz CT molecular complexity index is 3120. The van der Waals surface area contributed by atoms with Crippen LogP contribution in [0.3, 0.4) is 0 Å². The van der Waals surface area contributed by atoms with Crippen molar-refractivity contribution in [3.63, 3.8) is 0 Å². The summed E-state index contributed by atoms with van der Waals surface area (Å²) in [6.45, 7) is 0.